The van der Waals surface area contributed by atoms with E-state index in [0.717, 1.165) is 32.2 Å². The first-order chi connectivity index (χ1) is 8.22. The Balaban J connectivity index is 2.08. The summed E-state index contributed by atoms with van der Waals surface area (Å²) in [7, 11) is 2.02. The Morgan fingerprint density at radius 1 is 1.29 bits per heavy atom. The van der Waals surface area contributed by atoms with Gasteiger partial charge in [0, 0.05) is 19.6 Å². The fraction of sp³-hybridized carbons (Fsp3) is 1.00. The monoisotopic (exact) mass is 242 g/mol. The second-order valence-corrected chi connectivity index (χ2v) is 5.60. The Hall–Kier alpha value is -0.120. The topological polar surface area (TPSA) is 24.5 Å². The van der Waals surface area contributed by atoms with Gasteiger partial charge in [-0.25, -0.2) is 0 Å². The lowest BCUT2D eigenvalue weighted by atomic mass is 10.1. The van der Waals surface area contributed by atoms with E-state index in [2.05, 4.69) is 24.1 Å². The fourth-order valence-electron chi connectivity index (χ4n) is 2.49. The molecule has 1 N–H and O–H groups in total. The van der Waals surface area contributed by atoms with Crippen LogP contribution in [0.1, 0.15) is 39.5 Å². The molecule has 1 fully saturated rings. The summed E-state index contributed by atoms with van der Waals surface area (Å²) in [6, 6.07) is 0. The van der Waals surface area contributed by atoms with Crippen LogP contribution in [0, 0.1) is 5.92 Å². The van der Waals surface area contributed by atoms with Crippen LogP contribution in [-0.4, -0.2) is 50.8 Å². The van der Waals surface area contributed by atoms with Crippen molar-refractivity contribution in [2.75, 3.05) is 39.8 Å². The maximum absolute atomic E-state index is 5.84. The number of nitrogens with one attached hydrogen (secondary N) is 1. The van der Waals surface area contributed by atoms with Gasteiger partial charge in [0.1, 0.15) is 0 Å². The lowest BCUT2D eigenvalue weighted by Gasteiger charge is -2.34. The fourth-order valence-corrected chi connectivity index (χ4v) is 2.49. The van der Waals surface area contributed by atoms with Crippen LogP contribution in [0.3, 0.4) is 0 Å². The molecule has 0 aromatic heterocycles. The Labute approximate surface area is 107 Å². The van der Waals surface area contributed by atoms with E-state index in [-0.39, 0.29) is 0 Å². The molecule has 0 spiro atoms. The molecule has 1 atom stereocenters. The SMILES string of the molecule is CNCCCCC[C@H]1CN(CC(C)C)CCO1. The highest BCUT2D eigenvalue weighted by Gasteiger charge is 2.20. The first-order valence-electron chi connectivity index (χ1n) is 7.21. The minimum atomic E-state index is 0.483. The van der Waals surface area contributed by atoms with Crippen molar-refractivity contribution < 1.29 is 4.74 Å². The predicted molar refractivity (Wildman–Crippen MR) is 73.4 cm³/mol. The normalized spacial score (nSPS) is 22.2. The molecule has 17 heavy (non-hydrogen) atoms. The number of nitrogens with zero attached hydrogens (tertiary/aromatic N) is 1. The van der Waals surface area contributed by atoms with Gasteiger partial charge in [0.05, 0.1) is 12.7 Å². The van der Waals surface area contributed by atoms with Crippen LogP contribution in [0.5, 0.6) is 0 Å². The molecule has 1 aliphatic rings. The van der Waals surface area contributed by atoms with E-state index in [1.165, 1.54) is 32.2 Å². The highest BCUT2D eigenvalue weighted by Crippen LogP contribution is 2.13. The lowest BCUT2D eigenvalue weighted by molar-refractivity contribution is -0.0360. The molecule has 0 saturated carbocycles. The van der Waals surface area contributed by atoms with Gasteiger partial charge in [-0.3, -0.25) is 4.90 Å². The van der Waals surface area contributed by atoms with E-state index in [4.69, 9.17) is 4.74 Å². The molecule has 102 valence electrons. The number of hydrogen-bond donors (Lipinski definition) is 1. The molecule has 0 unspecified atom stereocenters. The molecule has 3 nitrogen and oxygen atoms in total. The Kier molecular flexibility index (Phi) is 7.82. The minimum Gasteiger partial charge on any atom is -0.376 e. The molecule has 0 bridgehead atoms. The van der Waals surface area contributed by atoms with Crippen LogP contribution >= 0.6 is 0 Å². The zero-order valence-electron chi connectivity index (χ0n) is 11.9. The average Bonchev–Trinajstić information content (AvgIpc) is 2.28. The predicted octanol–water partition coefficient (Wildman–Crippen LogP) is 2.12. The summed E-state index contributed by atoms with van der Waals surface area (Å²) in [6.45, 7) is 10.1. The van der Waals surface area contributed by atoms with Gasteiger partial charge in [-0.1, -0.05) is 26.7 Å². The van der Waals surface area contributed by atoms with Crippen molar-refractivity contribution in [1.29, 1.82) is 0 Å². The Morgan fingerprint density at radius 3 is 2.82 bits per heavy atom. The minimum absolute atomic E-state index is 0.483. The smallest absolute Gasteiger partial charge is 0.0702 e. The Morgan fingerprint density at radius 2 is 2.12 bits per heavy atom. The molecular weight excluding hydrogens is 212 g/mol. The van der Waals surface area contributed by atoms with Gasteiger partial charge in [0.25, 0.3) is 0 Å². The van der Waals surface area contributed by atoms with Crippen molar-refractivity contribution >= 4 is 0 Å². The van der Waals surface area contributed by atoms with Crippen LogP contribution in [0.25, 0.3) is 0 Å². The highest BCUT2D eigenvalue weighted by atomic mass is 16.5. The van der Waals surface area contributed by atoms with E-state index >= 15 is 0 Å². The van der Waals surface area contributed by atoms with Crippen molar-refractivity contribution in [2.24, 2.45) is 5.92 Å². The summed E-state index contributed by atoms with van der Waals surface area (Å²) in [5.41, 5.74) is 0. The maximum atomic E-state index is 5.84. The van der Waals surface area contributed by atoms with Crippen LogP contribution in [0.2, 0.25) is 0 Å². The molecule has 0 radical (unpaired) electrons. The summed E-state index contributed by atoms with van der Waals surface area (Å²) >= 11 is 0. The standard InChI is InChI=1S/C14H30N2O/c1-13(2)11-16-9-10-17-14(12-16)7-5-4-6-8-15-3/h13-15H,4-12H2,1-3H3/t14-/m0/s1. The number of unbranched alkanes of at least 4 members (excludes halogenated alkanes) is 2. The van der Waals surface area contributed by atoms with Crippen LogP contribution in [0.15, 0.2) is 0 Å². The van der Waals surface area contributed by atoms with Crippen LogP contribution < -0.4 is 5.32 Å². The van der Waals surface area contributed by atoms with Gasteiger partial charge in [-0.2, -0.15) is 0 Å². The molecule has 1 aliphatic heterocycles. The third-order valence-corrected chi connectivity index (χ3v) is 3.30. The third kappa shape index (κ3) is 7.02. The van der Waals surface area contributed by atoms with Gasteiger partial charge in [0.15, 0.2) is 0 Å². The van der Waals surface area contributed by atoms with E-state index in [1.54, 1.807) is 0 Å². The summed E-state index contributed by atoms with van der Waals surface area (Å²) in [5, 5.41) is 3.20. The molecule has 1 saturated heterocycles. The zero-order chi connectivity index (χ0) is 12.5. The van der Waals surface area contributed by atoms with Crippen molar-refractivity contribution in [2.45, 2.75) is 45.6 Å². The number of hydrogen-bond acceptors (Lipinski definition) is 3. The van der Waals surface area contributed by atoms with E-state index in [9.17, 15) is 0 Å². The Bertz CT molecular complexity index is 185. The molecule has 0 aliphatic carbocycles. The van der Waals surface area contributed by atoms with Crippen LogP contribution in [0.4, 0.5) is 0 Å². The summed E-state index contributed by atoms with van der Waals surface area (Å²) < 4.78 is 5.84. The second-order valence-electron chi connectivity index (χ2n) is 5.60. The first-order valence-corrected chi connectivity index (χ1v) is 7.21. The quantitative estimate of drug-likeness (QED) is 0.660. The highest BCUT2D eigenvalue weighted by molar-refractivity contribution is 4.72. The molecule has 1 rings (SSSR count). The number of ether oxygens (including phenoxy) is 1. The molecule has 0 aromatic rings. The van der Waals surface area contributed by atoms with Gasteiger partial charge in [0.2, 0.25) is 0 Å². The van der Waals surface area contributed by atoms with E-state index in [1.807, 2.05) is 7.05 Å². The van der Waals surface area contributed by atoms with Crippen molar-refractivity contribution in [3.8, 4) is 0 Å². The summed E-state index contributed by atoms with van der Waals surface area (Å²) in [4.78, 5) is 2.56. The second kappa shape index (κ2) is 8.90. The maximum Gasteiger partial charge on any atom is 0.0702 e. The average molecular weight is 242 g/mol. The number of morpholine rings is 1. The van der Waals surface area contributed by atoms with Gasteiger partial charge in [-0.05, 0) is 32.4 Å². The first kappa shape index (κ1) is 14.9. The van der Waals surface area contributed by atoms with E-state index in [0.29, 0.717) is 6.10 Å². The summed E-state index contributed by atoms with van der Waals surface area (Å²) in [6.07, 6.45) is 5.64. The van der Waals surface area contributed by atoms with Gasteiger partial charge >= 0.3 is 0 Å². The third-order valence-electron chi connectivity index (χ3n) is 3.30. The lowest BCUT2D eigenvalue weighted by Crippen LogP contribution is -2.43. The largest absolute Gasteiger partial charge is 0.376 e. The van der Waals surface area contributed by atoms with Gasteiger partial charge < -0.3 is 10.1 Å². The molecule has 0 amide bonds. The van der Waals surface area contributed by atoms with Crippen molar-refractivity contribution in [3.63, 3.8) is 0 Å². The molecule has 1 heterocycles. The summed E-state index contributed by atoms with van der Waals surface area (Å²) in [5.74, 6) is 0.768. The van der Waals surface area contributed by atoms with Crippen molar-refractivity contribution in [3.05, 3.63) is 0 Å². The molecular formula is C14H30N2O. The van der Waals surface area contributed by atoms with Crippen molar-refractivity contribution in [1.82, 2.24) is 10.2 Å². The number of rotatable bonds is 8. The van der Waals surface area contributed by atoms with Crippen LogP contribution in [-0.2, 0) is 4.74 Å². The molecule has 0 aromatic carbocycles. The molecule has 3 heteroatoms. The van der Waals surface area contributed by atoms with Gasteiger partial charge in [-0.15, -0.1) is 0 Å². The van der Waals surface area contributed by atoms with E-state index < -0.39 is 0 Å². The zero-order valence-corrected chi connectivity index (χ0v) is 11.9.